The van der Waals surface area contributed by atoms with Gasteiger partial charge in [-0.1, -0.05) is 54.4 Å². The van der Waals surface area contributed by atoms with Crippen molar-refractivity contribution < 1.29 is 9.53 Å². The minimum Gasteiger partial charge on any atom is -0.482 e. The van der Waals surface area contributed by atoms with Gasteiger partial charge in [0, 0.05) is 5.02 Å². The highest BCUT2D eigenvalue weighted by Crippen LogP contribution is 2.27. The van der Waals surface area contributed by atoms with Gasteiger partial charge in [0.2, 0.25) is 0 Å². The van der Waals surface area contributed by atoms with Crippen LogP contribution in [0.2, 0.25) is 10.0 Å². The second-order valence-electron chi connectivity index (χ2n) is 5.25. The predicted octanol–water partition coefficient (Wildman–Crippen LogP) is 4.81. The summed E-state index contributed by atoms with van der Waals surface area (Å²) in [6.07, 6.45) is 0.997. The molecule has 122 valence electrons. The molecule has 5 heteroatoms. The van der Waals surface area contributed by atoms with Crippen LogP contribution < -0.4 is 10.1 Å². The van der Waals surface area contributed by atoms with Gasteiger partial charge in [-0.3, -0.25) is 4.79 Å². The largest absolute Gasteiger partial charge is 0.482 e. The van der Waals surface area contributed by atoms with Gasteiger partial charge >= 0.3 is 0 Å². The molecule has 1 N–H and O–H groups in total. The Morgan fingerprint density at radius 3 is 2.48 bits per heavy atom. The molecular weight excluding hydrogens is 333 g/mol. The first-order valence-electron chi connectivity index (χ1n) is 7.45. The second kappa shape index (κ2) is 8.23. The zero-order valence-electron chi connectivity index (χ0n) is 13.1. The molecule has 0 heterocycles. The Labute approximate surface area is 146 Å². The number of benzene rings is 2. The van der Waals surface area contributed by atoms with E-state index in [9.17, 15) is 4.79 Å². The summed E-state index contributed by atoms with van der Waals surface area (Å²) in [5.41, 5.74) is 2.33. The van der Waals surface area contributed by atoms with E-state index in [2.05, 4.69) is 24.4 Å². The molecule has 0 radical (unpaired) electrons. The second-order valence-corrected chi connectivity index (χ2v) is 6.09. The fraction of sp³-hybridized carbons (Fsp3) is 0.278. The Bertz CT molecular complexity index is 671. The Morgan fingerprint density at radius 1 is 1.17 bits per heavy atom. The van der Waals surface area contributed by atoms with Crippen LogP contribution in [0.15, 0.2) is 42.5 Å². The van der Waals surface area contributed by atoms with Crippen LogP contribution in [0.3, 0.4) is 0 Å². The molecule has 2 rings (SSSR count). The highest BCUT2D eigenvalue weighted by molar-refractivity contribution is 6.35. The van der Waals surface area contributed by atoms with Crippen molar-refractivity contribution in [2.45, 2.75) is 26.3 Å². The van der Waals surface area contributed by atoms with Crippen molar-refractivity contribution in [2.75, 3.05) is 6.61 Å². The summed E-state index contributed by atoms with van der Waals surface area (Å²) in [6, 6.07) is 13.0. The van der Waals surface area contributed by atoms with Crippen molar-refractivity contribution in [3.8, 4) is 5.75 Å². The number of carbonyl (C=O) groups excluding carboxylic acids is 1. The zero-order chi connectivity index (χ0) is 16.8. The first-order chi connectivity index (χ1) is 11.0. The van der Waals surface area contributed by atoms with Gasteiger partial charge in [-0.2, -0.15) is 0 Å². The number of amides is 1. The molecule has 2 aromatic carbocycles. The molecule has 1 unspecified atom stereocenters. The number of rotatable bonds is 6. The van der Waals surface area contributed by atoms with Crippen LogP contribution in [0.5, 0.6) is 5.75 Å². The normalized spacial score (nSPS) is 11.8. The number of carbonyl (C=O) groups is 1. The average Bonchev–Trinajstić information content (AvgIpc) is 2.54. The van der Waals surface area contributed by atoms with E-state index in [1.54, 1.807) is 18.2 Å². The van der Waals surface area contributed by atoms with Crippen molar-refractivity contribution in [1.82, 2.24) is 5.32 Å². The molecular formula is C18H19Cl2NO2. The lowest BCUT2D eigenvalue weighted by Gasteiger charge is -2.15. The standard InChI is InChI=1S/C18H19Cl2NO2/c1-3-13-4-6-14(7-5-13)12(2)21-18(22)11-23-17-9-8-15(19)10-16(17)20/h4-10,12H,3,11H2,1-2H3,(H,21,22). The number of ether oxygens (including phenoxy) is 1. The Kier molecular flexibility index (Phi) is 6.31. The fourth-order valence-corrected chi connectivity index (χ4v) is 2.61. The maximum absolute atomic E-state index is 12.0. The number of hydrogen-bond acceptors (Lipinski definition) is 2. The molecule has 0 saturated carbocycles. The summed E-state index contributed by atoms with van der Waals surface area (Å²) in [5, 5.41) is 3.81. The topological polar surface area (TPSA) is 38.3 Å². The van der Waals surface area contributed by atoms with Gasteiger partial charge < -0.3 is 10.1 Å². The number of hydrogen-bond donors (Lipinski definition) is 1. The molecule has 0 aromatic heterocycles. The zero-order valence-corrected chi connectivity index (χ0v) is 14.6. The summed E-state index contributed by atoms with van der Waals surface area (Å²) in [6.45, 7) is 3.95. The lowest BCUT2D eigenvalue weighted by Crippen LogP contribution is -2.31. The van der Waals surface area contributed by atoms with Gasteiger partial charge in [-0.05, 0) is 42.7 Å². The molecule has 2 aromatic rings. The highest BCUT2D eigenvalue weighted by atomic mass is 35.5. The van der Waals surface area contributed by atoms with E-state index in [0.29, 0.717) is 15.8 Å². The maximum atomic E-state index is 12.0. The van der Waals surface area contributed by atoms with Crippen LogP contribution in [-0.4, -0.2) is 12.5 Å². The van der Waals surface area contributed by atoms with Crippen LogP contribution in [0.1, 0.15) is 31.0 Å². The van der Waals surface area contributed by atoms with Gasteiger partial charge in [-0.25, -0.2) is 0 Å². The van der Waals surface area contributed by atoms with Crippen molar-refractivity contribution in [1.29, 1.82) is 0 Å². The van der Waals surface area contributed by atoms with E-state index in [1.807, 2.05) is 19.1 Å². The van der Waals surface area contributed by atoms with Gasteiger partial charge in [0.15, 0.2) is 6.61 Å². The van der Waals surface area contributed by atoms with E-state index in [0.717, 1.165) is 12.0 Å². The SMILES string of the molecule is CCc1ccc(C(C)NC(=O)COc2ccc(Cl)cc2Cl)cc1. The van der Waals surface area contributed by atoms with Gasteiger partial charge in [0.25, 0.3) is 5.91 Å². The fourth-order valence-electron chi connectivity index (χ4n) is 2.14. The van der Waals surface area contributed by atoms with E-state index in [-0.39, 0.29) is 18.6 Å². The third-order valence-electron chi connectivity index (χ3n) is 3.52. The molecule has 0 fully saturated rings. The molecule has 23 heavy (non-hydrogen) atoms. The van der Waals surface area contributed by atoms with Crippen molar-refractivity contribution in [2.24, 2.45) is 0 Å². The van der Waals surface area contributed by atoms with Gasteiger partial charge in [0.05, 0.1) is 11.1 Å². The lowest BCUT2D eigenvalue weighted by molar-refractivity contribution is -0.123. The van der Waals surface area contributed by atoms with Gasteiger partial charge in [-0.15, -0.1) is 0 Å². The molecule has 1 atom stereocenters. The van der Waals surface area contributed by atoms with Crippen LogP contribution >= 0.6 is 23.2 Å². The van der Waals surface area contributed by atoms with E-state index in [1.165, 1.54) is 5.56 Å². The maximum Gasteiger partial charge on any atom is 0.258 e. The molecule has 0 aliphatic heterocycles. The summed E-state index contributed by atoms with van der Waals surface area (Å²) >= 11 is 11.8. The molecule has 1 amide bonds. The van der Waals surface area contributed by atoms with Crippen LogP contribution in [0.25, 0.3) is 0 Å². The summed E-state index contributed by atoms with van der Waals surface area (Å²) < 4.78 is 5.42. The third-order valence-corrected chi connectivity index (χ3v) is 4.05. The average molecular weight is 352 g/mol. The highest BCUT2D eigenvalue weighted by Gasteiger charge is 2.11. The van der Waals surface area contributed by atoms with Crippen molar-refractivity contribution in [3.63, 3.8) is 0 Å². The van der Waals surface area contributed by atoms with Crippen molar-refractivity contribution >= 4 is 29.1 Å². The first kappa shape index (κ1) is 17.6. The van der Waals surface area contributed by atoms with E-state index < -0.39 is 0 Å². The lowest BCUT2D eigenvalue weighted by atomic mass is 10.1. The Hall–Kier alpha value is -1.71. The van der Waals surface area contributed by atoms with Crippen LogP contribution in [-0.2, 0) is 11.2 Å². The summed E-state index contributed by atoms with van der Waals surface area (Å²) in [7, 11) is 0. The molecule has 0 bridgehead atoms. The van der Waals surface area contributed by atoms with E-state index in [4.69, 9.17) is 27.9 Å². The Morgan fingerprint density at radius 2 is 1.87 bits per heavy atom. The third kappa shape index (κ3) is 5.15. The quantitative estimate of drug-likeness (QED) is 0.810. The first-order valence-corrected chi connectivity index (χ1v) is 8.21. The summed E-state index contributed by atoms with van der Waals surface area (Å²) in [5.74, 6) is 0.231. The van der Waals surface area contributed by atoms with Gasteiger partial charge in [0.1, 0.15) is 5.75 Å². The number of nitrogens with one attached hydrogen (secondary N) is 1. The molecule has 0 spiro atoms. The summed E-state index contributed by atoms with van der Waals surface area (Å²) in [4.78, 5) is 12.0. The predicted molar refractivity (Wildman–Crippen MR) is 94.3 cm³/mol. The minimum absolute atomic E-state index is 0.0855. The van der Waals surface area contributed by atoms with Crippen LogP contribution in [0.4, 0.5) is 0 Å². The molecule has 0 aliphatic rings. The molecule has 0 saturated heterocycles. The monoisotopic (exact) mass is 351 g/mol. The van der Waals surface area contributed by atoms with Crippen LogP contribution in [0, 0.1) is 0 Å². The molecule has 0 aliphatic carbocycles. The number of halogens is 2. The van der Waals surface area contributed by atoms with Crippen molar-refractivity contribution in [3.05, 3.63) is 63.6 Å². The molecule has 3 nitrogen and oxygen atoms in total. The minimum atomic E-state index is -0.205. The number of aryl methyl sites for hydroxylation is 1. The van der Waals surface area contributed by atoms with E-state index >= 15 is 0 Å². The smallest absolute Gasteiger partial charge is 0.258 e. The Balaban J connectivity index is 1.88.